The molecule has 3 N–H and O–H groups in total. The first-order valence-corrected chi connectivity index (χ1v) is 7.98. The lowest BCUT2D eigenvalue weighted by Crippen LogP contribution is -2.23. The highest BCUT2D eigenvalue weighted by molar-refractivity contribution is 7.89. The van der Waals surface area contributed by atoms with Crippen molar-refractivity contribution in [2.45, 2.75) is 4.90 Å². The maximum Gasteiger partial charge on any atom is 0.244 e. The van der Waals surface area contributed by atoms with Crippen molar-refractivity contribution in [3.8, 4) is 0 Å². The van der Waals surface area contributed by atoms with Crippen LogP contribution in [0.3, 0.4) is 0 Å². The Morgan fingerprint density at radius 2 is 1.76 bits per heavy atom. The molecule has 0 saturated carbocycles. The summed E-state index contributed by atoms with van der Waals surface area (Å²) in [6.07, 6.45) is 0. The Labute approximate surface area is 129 Å². The fourth-order valence-corrected chi connectivity index (χ4v) is 2.98. The summed E-state index contributed by atoms with van der Waals surface area (Å²) in [5, 5.41) is 3.48. The normalized spacial score (nSPS) is 11.6. The average molecular weight is 326 g/mol. The van der Waals surface area contributed by atoms with Crippen molar-refractivity contribution in [1.82, 2.24) is 4.31 Å². The third kappa shape index (κ3) is 3.29. The second kappa shape index (κ2) is 5.93. The number of benzene rings is 2. The van der Waals surface area contributed by atoms with Crippen LogP contribution < -0.4 is 11.1 Å². The molecule has 0 aliphatic rings. The van der Waals surface area contributed by atoms with Crippen molar-refractivity contribution in [2.75, 3.05) is 25.1 Å². The van der Waals surface area contributed by atoms with E-state index in [1.165, 1.54) is 20.2 Å². The van der Waals surface area contributed by atoms with Crippen LogP contribution in [0.15, 0.2) is 47.4 Å². The van der Waals surface area contributed by atoms with Gasteiger partial charge in [-0.15, -0.1) is 0 Å². The molecule has 0 unspecified atom stereocenters. The second-order valence-corrected chi connectivity index (χ2v) is 7.18. The molecular weight excluding hydrogens is 310 g/mol. The van der Waals surface area contributed by atoms with E-state index < -0.39 is 10.0 Å². The van der Waals surface area contributed by atoms with E-state index in [1.807, 2.05) is 0 Å². The molecule has 0 fully saturated rings. The average Bonchev–Trinajstić information content (AvgIpc) is 2.43. The van der Waals surface area contributed by atoms with Crippen LogP contribution in [-0.2, 0) is 10.0 Å². The van der Waals surface area contributed by atoms with Crippen molar-refractivity contribution in [3.05, 3.63) is 47.5 Å². The number of hydrogen-bond acceptors (Lipinski definition) is 4. The molecule has 0 heterocycles. The quantitative estimate of drug-likeness (QED) is 0.847. The Morgan fingerprint density at radius 1 is 1.10 bits per heavy atom. The van der Waals surface area contributed by atoms with Gasteiger partial charge in [-0.25, -0.2) is 12.7 Å². The Kier molecular flexibility index (Phi) is 4.41. The van der Waals surface area contributed by atoms with Gasteiger partial charge in [-0.2, -0.15) is 0 Å². The number of nitrogens with zero attached hydrogens (tertiary/aromatic N) is 1. The molecule has 0 amide bonds. The Bertz CT molecular complexity index is 761. The van der Waals surface area contributed by atoms with E-state index in [4.69, 9.17) is 17.3 Å². The molecule has 7 heteroatoms. The SMILES string of the molecule is CN(C)S(=O)(=O)c1ccccc1Nc1cc(N)ccc1Cl. The summed E-state index contributed by atoms with van der Waals surface area (Å²) in [7, 11) is -0.583. The van der Waals surface area contributed by atoms with Gasteiger partial charge in [0.1, 0.15) is 4.90 Å². The van der Waals surface area contributed by atoms with Gasteiger partial charge in [0.2, 0.25) is 10.0 Å². The number of nitrogen functional groups attached to an aromatic ring is 1. The molecule has 0 radical (unpaired) electrons. The van der Waals surface area contributed by atoms with E-state index in [1.54, 1.807) is 36.4 Å². The first-order chi connectivity index (χ1) is 9.82. The van der Waals surface area contributed by atoms with Crippen molar-refractivity contribution >= 4 is 38.7 Å². The van der Waals surface area contributed by atoms with Gasteiger partial charge in [-0.3, -0.25) is 0 Å². The molecule has 5 nitrogen and oxygen atoms in total. The third-order valence-corrected chi connectivity index (χ3v) is 5.11. The summed E-state index contributed by atoms with van der Waals surface area (Å²) in [4.78, 5) is 0.175. The van der Waals surface area contributed by atoms with Crippen LogP contribution in [0.5, 0.6) is 0 Å². The standard InChI is InChI=1S/C14H16ClN3O2S/c1-18(2)21(19,20)14-6-4-3-5-12(14)17-13-9-10(16)7-8-11(13)15/h3-9,17H,16H2,1-2H3. The van der Waals surface area contributed by atoms with Crippen LogP contribution in [0, 0.1) is 0 Å². The Morgan fingerprint density at radius 3 is 2.43 bits per heavy atom. The highest BCUT2D eigenvalue weighted by Crippen LogP contribution is 2.31. The predicted molar refractivity (Wildman–Crippen MR) is 86.5 cm³/mol. The third-order valence-electron chi connectivity index (χ3n) is 2.91. The van der Waals surface area contributed by atoms with Crippen LogP contribution in [0.4, 0.5) is 17.1 Å². The van der Waals surface area contributed by atoms with Gasteiger partial charge in [0.25, 0.3) is 0 Å². The van der Waals surface area contributed by atoms with E-state index in [0.717, 1.165) is 4.31 Å². The number of nitrogens with one attached hydrogen (secondary N) is 1. The van der Waals surface area contributed by atoms with Crippen LogP contribution >= 0.6 is 11.6 Å². The lowest BCUT2D eigenvalue weighted by atomic mass is 10.2. The minimum Gasteiger partial charge on any atom is -0.399 e. The molecule has 2 rings (SSSR count). The van der Waals surface area contributed by atoms with E-state index >= 15 is 0 Å². The van der Waals surface area contributed by atoms with Crippen molar-refractivity contribution in [1.29, 1.82) is 0 Å². The number of nitrogens with two attached hydrogens (primary N) is 1. The summed E-state index contributed by atoms with van der Waals surface area (Å²) >= 11 is 6.10. The van der Waals surface area contributed by atoms with E-state index in [2.05, 4.69) is 5.32 Å². The zero-order valence-corrected chi connectivity index (χ0v) is 13.2. The van der Waals surface area contributed by atoms with Gasteiger partial charge < -0.3 is 11.1 Å². The monoisotopic (exact) mass is 325 g/mol. The minimum atomic E-state index is -3.55. The molecule has 0 saturated heterocycles. The van der Waals surface area contributed by atoms with Crippen LogP contribution in [0.2, 0.25) is 5.02 Å². The maximum atomic E-state index is 12.3. The number of sulfonamides is 1. The summed E-state index contributed by atoms with van der Waals surface area (Å²) in [6.45, 7) is 0. The fourth-order valence-electron chi connectivity index (χ4n) is 1.78. The van der Waals surface area contributed by atoms with E-state index in [-0.39, 0.29) is 4.90 Å². The number of hydrogen-bond donors (Lipinski definition) is 2. The largest absolute Gasteiger partial charge is 0.399 e. The highest BCUT2D eigenvalue weighted by atomic mass is 35.5. The Hall–Kier alpha value is -1.76. The molecule has 0 bridgehead atoms. The fraction of sp³-hybridized carbons (Fsp3) is 0.143. The summed E-state index contributed by atoms with van der Waals surface area (Å²) < 4.78 is 25.8. The number of halogens is 1. The zero-order chi connectivity index (χ0) is 15.6. The molecule has 0 aliphatic carbocycles. The smallest absolute Gasteiger partial charge is 0.244 e. The molecule has 21 heavy (non-hydrogen) atoms. The van der Waals surface area contributed by atoms with Gasteiger partial charge in [0.15, 0.2) is 0 Å². The van der Waals surface area contributed by atoms with Gasteiger partial charge in [0, 0.05) is 19.8 Å². The van der Waals surface area contributed by atoms with Gasteiger partial charge in [0.05, 0.1) is 16.4 Å². The van der Waals surface area contributed by atoms with Gasteiger partial charge >= 0.3 is 0 Å². The lowest BCUT2D eigenvalue weighted by molar-refractivity contribution is 0.521. The van der Waals surface area contributed by atoms with Crippen molar-refractivity contribution in [2.24, 2.45) is 0 Å². The number of para-hydroxylation sites is 1. The van der Waals surface area contributed by atoms with Gasteiger partial charge in [-0.1, -0.05) is 23.7 Å². The summed E-state index contributed by atoms with van der Waals surface area (Å²) in [6, 6.07) is 11.6. The lowest BCUT2D eigenvalue weighted by Gasteiger charge is -2.17. The van der Waals surface area contributed by atoms with Crippen molar-refractivity contribution in [3.63, 3.8) is 0 Å². The molecule has 2 aromatic rings. The highest BCUT2D eigenvalue weighted by Gasteiger charge is 2.21. The number of anilines is 3. The number of rotatable bonds is 4. The van der Waals surface area contributed by atoms with E-state index in [0.29, 0.717) is 22.1 Å². The molecule has 112 valence electrons. The molecule has 0 atom stereocenters. The molecule has 0 aliphatic heterocycles. The first-order valence-electron chi connectivity index (χ1n) is 6.16. The predicted octanol–water partition coefficient (Wildman–Crippen LogP) is 2.92. The van der Waals surface area contributed by atoms with Crippen LogP contribution in [0.25, 0.3) is 0 Å². The van der Waals surface area contributed by atoms with Crippen LogP contribution in [0.1, 0.15) is 0 Å². The van der Waals surface area contributed by atoms with Crippen LogP contribution in [-0.4, -0.2) is 26.8 Å². The summed E-state index contributed by atoms with van der Waals surface area (Å²) in [5.74, 6) is 0. The molecule has 0 spiro atoms. The maximum absolute atomic E-state index is 12.3. The topological polar surface area (TPSA) is 75.4 Å². The minimum absolute atomic E-state index is 0.175. The molecule has 2 aromatic carbocycles. The van der Waals surface area contributed by atoms with Gasteiger partial charge in [-0.05, 0) is 30.3 Å². The van der Waals surface area contributed by atoms with Crippen molar-refractivity contribution < 1.29 is 8.42 Å². The second-order valence-electron chi connectivity index (χ2n) is 4.65. The molecular formula is C14H16ClN3O2S. The summed E-state index contributed by atoms with van der Waals surface area (Å²) in [5.41, 5.74) is 7.26. The first kappa shape index (κ1) is 15.6. The Balaban J connectivity index is 2.49. The zero-order valence-electron chi connectivity index (χ0n) is 11.7. The van der Waals surface area contributed by atoms with E-state index in [9.17, 15) is 8.42 Å². The molecule has 0 aromatic heterocycles.